The zero-order chi connectivity index (χ0) is 16.0. The van der Waals surface area contributed by atoms with Crippen LogP contribution in [-0.4, -0.2) is 43.3 Å². The Bertz CT molecular complexity index is 534. The van der Waals surface area contributed by atoms with Gasteiger partial charge in [0.1, 0.15) is 5.75 Å². The molecule has 0 aliphatic rings. The SMILES string of the molecule is COCC(C)(NC(=O)Cc1cc(Cl)ccc1OC)C(=O)O. The molecule has 0 bridgehead atoms. The zero-order valence-electron chi connectivity index (χ0n) is 12.1. The average Bonchev–Trinajstić information content (AvgIpc) is 2.38. The first-order valence-electron chi connectivity index (χ1n) is 6.18. The maximum atomic E-state index is 12.1. The van der Waals surface area contributed by atoms with Gasteiger partial charge in [0.05, 0.1) is 20.1 Å². The fourth-order valence-electron chi connectivity index (χ4n) is 1.85. The second kappa shape index (κ2) is 7.28. The fourth-order valence-corrected chi connectivity index (χ4v) is 2.04. The molecule has 1 unspecified atom stereocenters. The average molecular weight is 316 g/mol. The first-order chi connectivity index (χ1) is 9.82. The van der Waals surface area contributed by atoms with Gasteiger partial charge >= 0.3 is 5.97 Å². The number of hydrogen-bond donors (Lipinski definition) is 2. The lowest BCUT2D eigenvalue weighted by Gasteiger charge is -2.25. The van der Waals surface area contributed by atoms with Gasteiger partial charge in [-0.15, -0.1) is 0 Å². The molecule has 0 aliphatic heterocycles. The summed E-state index contributed by atoms with van der Waals surface area (Å²) < 4.78 is 9.99. The van der Waals surface area contributed by atoms with Gasteiger partial charge in [-0.05, 0) is 25.1 Å². The summed E-state index contributed by atoms with van der Waals surface area (Å²) >= 11 is 5.89. The zero-order valence-corrected chi connectivity index (χ0v) is 12.9. The van der Waals surface area contributed by atoms with E-state index < -0.39 is 17.4 Å². The van der Waals surface area contributed by atoms with Crippen molar-refractivity contribution in [3.8, 4) is 5.75 Å². The summed E-state index contributed by atoms with van der Waals surface area (Å²) in [4.78, 5) is 23.3. The van der Waals surface area contributed by atoms with Crippen LogP contribution in [0.1, 0.15) is 12.5 Å². The van der Waals surface area contributed by atoms with Crippen molar-refractivity contribution in [1.29, 1.82) is 0 Å². The largest absolute Gasteiger partial charge is 0.496 e. The lowest BCUT2D eigenvalue weighted by Crippen LogP contribution is -2.55. The second-order valence-corrected chi connectivity index (χ2v) is 5.19. The quantitative estimate of drug-likeness (QED) is 0.796. The van der Waals surface area contributed by atoms with Crippen LogP contribution in [0.2, 0.25) is 5.02 Å². The number of aliphatic carboxylic acids is 1. The summed E-state index contributed by atoms with van der Waals surface area (Å²) in [5.74, 6) is -1.12. The molecular weight excluding hydrogens is 298 g/mol. The molecular formula is C14H18ClNO5. The number of halogens is 1. The molecule has 0 saturated carbocycles. The Morgan fingerprint density at radius 3 is 2.57 bits per heavy atom. The summed E-state index contributed by atoms with van der Waals surface area (Å²) in [6, 6.07) is 4.90. The van der Waals surface area contributed by atoms with Gasteiger partial charge in [0.2, 0.25) is 5.91 Å². The summed E-state index contributed by atoms with van der Waals surface area (Å²) in [7, 11) is 2.85. The van der Waals surface area contributed by atoms with Crippen LogP contribution in [0.25, 0.3) is 0 Å². The van der Waals surface area contributed by atoms with Crippen LogP contribution in [0, 0.1) is 0 Å². The van der Waals surface area contributed by atoms with Crippen molar-refractivity contribution >= 4 is 23.5 Å². The van der Waals surface area contributed by atoms with E-state index in [-0.39, 0.29) is 13.0 Å². The number of carboxylic acid groups (broad SMARTS) is 1. The lowest BCUT2D eigenvalue weighted by atomic mass is 10.0. The highest BCUT2D eigenvalue weighted by molar-refractivity contribution is 6.30. The number of ether oxygens (including phenoxy) is 2. The van der Waals surface area contributed by atoms with E-state index in [1.165, 1.54) is 21.1 Å². The Balaban J connectivity index is 2.86. The summed E-state index contributed by atoms with van der Waals surface area (Å²) in [5, 5.41) is 12.1. The Morgan fingerprint density at radius 1 is 1.38 bits per heavy atom. The third kappa shape index (κ3) is 4.61. The highest BCUT2D eigenvalue weighted by atomic mass is 35.5. The van der Waals surface area contributed by atoms with Crippen LogP contribution >= 0.6 is 11.6 Å². The van der Waals surface area contributed by atoms with Crippen LogP contribution in [0.15, 0.2) is 18.2 Å². The minimum atomic E-state index is -1.49. The molecule has 0 aliphatic carbocycles. The molecule has 7 heteroatoms. The van der Waals surface area contributed by atoms with Crippen molar-refractivity contribution in [1.82, 2.24) is 5.32 Å². The van der Waals surface area contributed by atoms with Gasteiger partial charge in [-0.3, -0.25) is 4.79 Å². The van der Waals surface area contributed by atoms with Gasteiger partial charge in [-0.1, -0.05) is 11.6 Å². The van der Waals surface area contributed by atoms with Crippen molar-refractivity contribution in [3.05, 3.63) is 28.8 Å². The molecule has 21 heavy (non-hydrogen) atoms. The van der Waals surface area contributed by atoms with Gasteiger partial charge < -0.3 is 19.9 Å². The van der Waals surface area contributed by atoms with Crippen molar-refractivity contribution in [2.75, 3.05) is 20.8 Å². The van der Waals surface area contributed by atoms with Crippen LogP contribution in [0.4, 0.5) is 0 Å². The van der Waals surface area contributed by atoms with Gasteiger partial charge in [-0.25, -0.2) is 4.79 Å². The molecule has 0 spiro atoms. The highest BCUT2D eigenvalue weighted by Gasteiger charge is 2.35. The van der Waals surface area contributed by atoms with Crippen molar-refractivity contribution in [2.24, 2.45) is 0 Å². The number of hydrogen-bond acceptors (Lipinski definition) is 4. The molecule has 0 heterocycles. The first-order valence-corrected chi connectivity index (χ1v) is 6.56. The van der Waals surface area contributed by atoms with E-state index in [0.29, 0.717) is 16.3 Å². The molecule has 6 nitrogen and oxygen atoms in total. The molecule has 1 amide bonds. The Morgan fingerprint density at radius 2 is 2.05 bits per heavy atom. The Labute approximate surface area is 128 Å². The maximum Gasteiger partial charge on any atom is 0.331 e. The van der Waals surface area contributed by atoms with Crippen LogP contribution in [0.5, 0.6) is 5.75 Å². The van der Waals surface area contributed by atoms with Crippen molar-refractivity contribution in [3.63, 3.8) is 0 Å². The number of benzene rings is 1. The summed E-state index contributed by atoms with van der Waals surface area (Å²) in [6.45, 7) is 1.24. The number of amides is 1. The predicted molar refractivity (Wildman–Crippen MR) is 77.8 cm³/mol. The van der Waals surface area contributed by atoms with E-state index in [1.54, 1.807) is 18.2 Å². The van der Waals surface area contributed by atoms with Gasteiger partial charge in [0.25, 0.3) is 0 Å². The van der Waals surface area contributed by atoms with Crippen molar-refractivity contribution in [2.45, 2.75) is 18.9 Å². The monoisotopic (exact) mass is 315 g/mol. The molecule has 0 radical (unpaired) electrons. The summed E-state index contributed by atoms with van der Waals surface area (Å²) in [5.41, 5.74) is -0.912. The van der Waals surface area contributed by atoms with Gasteiger partial charge in [0, 0.05) is 17.7 Å². The molecule has 0 aromatic heterocycles. The van der Waals surface area contributed by atoms with E-state index in [1.807, 2.05) is 0 Å². The van der Waals surface area contributed by atoms with Gasteiger partial charge in [0.15, 0.2) is 5.54 Å². The molecule has 0 fully saturated rings. The van der Waals surface area contributed by atoms with E-state index in [2.05, 4.69) is 5.32 Å². The van der Waals surface area contributed by atoms with Crippen LogP contribution in [0.3, 0.4) is 0 Å². The number of nitrogens with one attached hydrogen (secondary N) is 1. The van der Waals surface area contributed by atoms with Gasteiger partial charge in [-0.2, -0.15) is 0 Å². The van der Waals surface area contributed by atoms with E-state index in [0.717, 1.165) is 0 Å². The molecule has 1 aromatic carbocycles. The number of methoxy groups -OCH3 is 2. The molecule has 116 valence electrons. The third-order valence-electron chi connectivity index (χ3n) is 2.91. The van der Waals surface area contributed by atoms with E-state index in [9.17, 15) is 14.7 Å². The standard InChI is InChI=1S/C14H18ClNO5/c1-14(8-20-2,13(18)19)16-12(17)7-9-6-10(15)4-5-11(9)21-3/h4-6H,7-8H2,1-3H3,(H,16,17)(H,18,19). The smallest absolute Gasteiger partial charge is 0.331 e. The molecule has 1 atom stereocenters. The minimum Gasteiger partial charge on any atom is -0.496 e. The molecule has 2 N–H and O–H groups in total. The maximum absolute atomic E-state index is 12.1. The predicted octanol–water partition coefficient (Wildman–Crippen LogP) is 1.50. The number of carboxylic acids is 1. The minimum absolute atomic E-state index is 0.0453. The molecule has 0 saturated heterocycles. The lowest BCUT2D eigenvalue weighted by molar-refractivity contribution is -0.149. The molecule has 1 rings (SSSR count). The Kier molecular flexibility index (Phi) is 5.99. The Hall–Kier alpha value is -1.79. The number of carbonyl (C=O) groups is 2. The normalized spacial score (nSPS) is 13.3. The third-order valence-corrected chi connectivity index (χ3v) is 3.15. The topological polar surface area (TPSA) is 84.9 Å². The van der Waals surface area contributed by atoms with Crippen molar-refractivity contribution < 1.29 is 24.2 Å². The van der Waals surface area contributed by atoms with Crippen LogP contribution in [-0.2, 0) is 20.7 Å². The van der Waals surface area contributed by atoms with Crippen LogP contribution < -0.4 is 10.1 Å². The number of rotatable bonds is 7. The van der Waals surface area contributed by atoms with E-state index in [4.69, 9.17) is 21.1 Å². The first kappa shape index (κ1) is 17.3. The second-order valence-electron chi connectivity index (χ2n) is 4.75. The molecule has 1 aromatic rings. The summed E-state index contributed by atoms with van der Waals surface area (Å²) in [6.07, 6.45) is -0.0453. The number of carbonyl (C=O) groups excluding carboxylic acids is 1. The van der Waals surface area contributed by atoms with E-state index >= 15 is 0 Å². The highest BCUT2D eigenvalue weighted by Crippen LogP contribution is 2.23. The fraction of sp³-hybridized carbons (Fsp3) is 0.429.